The summed E-state index contributed by atoms with van der Waals surface area (Å²) in [5, 5.41) is 3.58. The van der Waals surface area contributed by atoms with Crippen LogP contribution < -0.4 is 10.9 Å². The average Bonchev–Trinajstić information content (AvgIpc) is 2.74. The van der Waals surface area contributed by atoms with Gasteiger partial charge in [-0.15, -0.1) is 12.4 Å². The SMILES string of the molecule is CN(C)CCNC(=O)c1cc(-c2ccccc2)c(=O)n2c1-c1cc(Cl)ccc1CC2.Cl. The maximum atomic E-state index is 13.4. The normalized spacial score (nSPS) is 12.0. The van der Waals surface area contributed by atoms with E-state index in [1.165, 1.54) is 0 Å². The molecule has 0 bridgehead atoms. The molecule has 0 saturated carbocycles. The number of benzene rings is 2. The average molecular weight is 458 g/mol. The summed E-state index contributed by atoms with van der Waals surface area (Å²) < 4.78 is 1.72. The monoisotopic (exact) mass is 457 g/mol. The first-order valence-electron chi connectivity index (χ1n) is 10.0. The van der Waals surface area contributed by atoms with Gasteiger partial charge in [0.05, 0.1) is 11.3 Å². The first-order valence-corrected chi connectivity index (χ1v) is 10.4. The van der Waals surface area contributed by atoms with Crippen molar-refractivity contribution < 1.29 is 4.79 Å². The standard InChI is InChI=1S/C24H24ClN3O2.ClH/c1-27(2)13-11-26-23(29)21-15-20(16-6-4-3-5-7-16)24(30)28-12-10-17-8-9-18(25)14-19(17)22(21)28;/h3-9,14-15H,10-13H2,1-2H3,(H,26,29);1H. The lowest BCUT2D eigenvalue weighted by molar-refractivity contribution is 0.0951. The number of carbonyl (C=O) groups is 1. The zero-order valence-electron chi connectivity index (χ0n) is 17.5. The highest BCUT2D eigenvalue weighted by Gasteiger charge is 2.26. The molecule has 1 N–H and O–H groups in total. The van der Waals surface area contributed by atoms with Crippen LogP contribution in [-0.2, 0) is 13.0 Å². The van der Waals surface area contributed by atoms with Gasteiger partial charge in [0.15, 0.2) is 0 Å². The predicted molar refractivity (Wildman–Crippen MR) is 128 cm³/mol. The van der Waals surface area contributed by atoms with E-state index in [1.54, 1.807) is 10.6 Å². The molecule has 0 unspecified atom stereocenters. The highest BCUT2D eigenvalue weighted by atomic mass is 35.5. The third-order valence-electron chi connectivity index (χ3n) is 5.40. The van der Waals surface area contributed by atoms with Gasteiger partial charge in [-0.3, -0.25) is 9.59 Å². The summed E-state index contributed by atoms with van der Waals surface area (Å²) in [7, 11) is 3.92. The molecule has 0 radical (unpaired) electrons. The molecular formula is C24H25Cl2N3O2. The van der Waals surface area contributed by atoms with Crippen LogP contribution in [0.2, 0.25) is 5.02 Å². The van der Waals surface area contributed by atoms with E-state index in [-0.39, 0.29) is 23.9 Å². The lowest BCUT2D eigenvalue weighted by Crippen LogP contribution is -2.35. The summed E-state index contributed by atoms with van der Waals surface area (Å²) in [5.41, 5.74) is 4.32. The lowest BCUT2D eigenvalue weighted by Gasteiger charge is -2.25. The molecule has 1 aromatic heterocycles. The number of hydrogen-bond acceptors (Lipinski definition) is 3. The van der Waals surface area contributed by atoms with Crippen molar-refractivity contribution in [3.05, 3.63) is 81.1 Å². The molecule has 0 saturated heterocycles. The van der Waals surface area contributed by atoms with Gasteiger partial charge < -0.3 is 14.8 Å². The number of pyridine rings is 1. The Bertz CT molecular complexity index is 1160. The molecule has 0 aliphatic carbocycles. The van der Waals surface area contributed by atoms with Gasteiger partial charge in [0.2, 0.25) is 0 Å². The van der Waals surface area contributed by atoms with Crippen molar-refractivity contribution in [2.45, 2.75) is 13.0 Å². The molecule has 162 valence electrons. The molecule has 1 aliphatic heterocycles. The number of likely N-dealkylation sites (N-methyl/N-ethyl adjacent to an activating group) is 1. The lowest BCUT2D eigenvalue weighted by atomic mass is 9.92. The van der Waals surface area contributed by atoms with Gasteiger partial charge in [-0.1, -0.05) is 48.0 Å². The van der Waals surface area contributed by atoms with Crippen LogP contribution in [0.4, 0.5) is 0 Å². The van der Waals surface area contributed by atoms with E-state index in [2.05, 4.69) is 5.32 Å². The molecule has 4 rings (SSSR count). The zero-order chi connectivity index (χ0) is 21.3. The van der Waals surface area contributed by atoms with E-state index in [9.17, 15) is 9.59 Å². The van der Waals surface area contributed by atoms with Crippen molar-refractivity contribution in [1.82, 2.24) is 14.8 Å². The molecular weight excluding hydrogens is 433 g/mol. The third kappa shape index (κ3) is 4.69. The second kappa shape index (κ2) is 9.69. The zero-order valence-corrected chi connectivity index (χ0v) is 19.1. The second-order valence-electron chi connectivity index (χ2n) is 7.75. The number of amides is 1. The summed E-state index contributed by atoms with van der Waals surface area (Å²) in [5.74, 6) is -0.189. The largest absolute Gasteiger partial charge is 0.351 e. The van der Waals surface area contributed by atoms with Gasteiger partial charge in [-0.05, 0) is 49.8 Å². The van der Waals surface area contributed by atoms with E-state index in [4.69, 9.17) is 11.6 Å². The fourth-order valence-corrected chi connectivity index (χ4v) is 4.05. The van der Waals surface area contributed by atoms with Crippen LogP contribution in [0.5, 0.6) is 0 Å². The molecule has 7 heteroatoms. The third-order valence-corrected chi connectivity index (χ3v) is 5.63. The molecule has 5 nitrogen and oxygen atoms in total. The highest BCUT2D eigenvalue weighted by molar-refractivity contribution is 6.31. The van der Waals surface area contributed by atoms with Crippen LogP contribution >= 0.6 is 24.0 Å². The number of nitrogens with zero attached hydrogens (tertiary/aromatic N) is 2. The maximum absolute atomic E-state index is 13.4. The summed E-state index contributed by atoms with van der Waals surface area (Å²) in [6, 6.07) is 16.9. The van der Waals surface area contributed by atoms with Crippen LogP contribution in [0.15, 0.2) is 59.4 Å². The Morgan fingerprint density at radius 1 is 1.10 bits per heavy atom. The van der Waals surface area contributed by atoms with Crippen molar-refractivity contribution in [3.63, 3.8) is 0 Å². The van der Waals surface area contributed by atoms with Crippen molar-refractivity contribution in [2.75, 3.05) is 27.2 Å². The Kier molecular flexibility index (Phi) is 7.21. The van der Waals surface area contributed by atoms with E-state index in [0.29, 0.717) is 34.9 Å². The molecule has 1 amide bonds. The van der Waals surface area contributed by atoms with Crippen molar-refractivity contribution >= 4 is 29.9 Å². The van der Waals surface area contributed by atoms with Crippen molar-refractivity contribution in [1.29, 1.82) is 0 Å². The predicted octanol–water partition coefficient (Wildman–Crippen LogP) is 4.11. The molecule has 1 aliphatic rings. The number of hydrogen-bond donors (Lipinski definition) is 1. The molecule has 0 atom stereocenters. The van der Waals surface area contributed by atoms with Gasteiger partial charge >= 0.3 is 0 Å². The second-order valence-corrected chi connectivity index (χ2v) is 8.19. The van der Waals surface area contributed by atoms with Gasteiger partial charge in [0, 0.05) is 35.8 Å². The number of halogens is 2. The highest BCUT2D eigenvalue weighted by Crippen LogP contribution is 2.34. The Morgan fingerprint density at radius 2 is 1.84 bits per heavy atom. The number of carbonyl (C=O) groups excluding carboxylic acids is 1. The first-order chi connectivity index (χ1) is 14.5. The molecule has 31 heavy (non-hydrogen) atoms. The summed E-state index contributed by atoms with van der Waals surface area (Å²) in [6.07, 6.45) is 0.722. The summed E-state index contributed by atoms with van der Waals surface area (Å²) >= 11 is 6.27. The van der Waals surface area contributed by atoms with Crippen LogP contribution in [0, 0.1) is 0 Å². The van der Waals surface area contributed by atoms with Crippen molar-refractivity contribution in [2.24, 2.45) is 0 Å². The van der Waals surface area contributed by atoms with E-state index >= 15 is 0 Å². The minimum absolute atomic E-state index is 0. The van der Waals surface area contributed by atoms with Gasteiger partial charge in [0.1, 0.15) is 0 Å². The Balaban J connectivity index is 0.00000272. The summed E-state index contributed by atoms with van der Waals surface area (Å²) in [6.45, 7) is 1.78. The topological polar surface area (TPSA) is 54.3 Å². The van der Waals surface area contributed by atoms with Crippen molar-refractivity contribution in [3.8, 4) is 22.4 Å². The first kappa shape index (κ1) is 23.1. The number of rotatable bonds is 5. The molecule has 0 spiro atoms. The summed E-state index contributed by atoms with van der Waals surface area (Å²) in [4.78, 5) is 28.6. The van der Waals surface area contributed by atoms with E-state index < -0.39 is 0 Å². The van der Waals surface area contributed by atoms with E-state index in [1.807, 2.05) is 67.5 Å². The molecule has 2 heterocycles. The number of aryl methyl sites for hydroxylation is 1. The minimum Gasteiger partial charge on any atom is -0.351 e. The fourth-order valence-electron chi connectivity index (χ4n) is 3.88. The number of aromatic nitrogens is 1. The smallest absolute Gasteiger partial charge is 0.258 e. The number of fused-ring (bicyclic) bond motifs is 3. The van der Waals surface area contributed by atoms with Gasteiger partial charge in [0.25, 0.3) is 11.5 Å². The quantitative estimate of drug-likeness (QED) is 0.627. The van der Waals surface area contributed by atoms with Crippen LogP contribution in [-0.4, -0.2) is 42.6 Å². The van der Waals surface area contributed by atoms with Crippen LogP contribution in [0.1, 0.15) is 15.9 Å². The fraction of sp³-hybridized carbons (Fsp3) is 0.250. The Morgan fingerprint density at radius 3 is 2.55 bits per heavy atom. The maximum Gasteiger partial charge on any atom is 0.258 e. The number of nitrogens with one attached hydrogen (secondary N) is 1. The van der Waals surface area contributed by atoms with Crippen LogP contribution in [0.25, 0.3) is 22.4 Å². The van der Waals surface area contributed by atoms with Gasteiger partial charge in [-0.2, -0.15) is 0 Å². The van der Waals surface area contributed by atoms with Gasteiger partial charge in [-0.25, -0.2) is 0 Å². The molecule has 0 fully saturated rings. The molecule has 2 aromatic carbocycles. The van der Waals surface area contributed by atoms with E-state index in [0.717, 1.165) is 29.7 Å². The molecule has 3 aromatic rings. The Labute approximate surface area is 193 Å². The Hall–Kier alpha value is -2.60. The van der Waals surface area contributed by atoms with Crippen LogP contribution in [0.3, 0.4) is 0 Å². The minimum atomic E-state index is -0.189.